The SMILES string of the molecule is CN(c1ccccc1)c1cc(C(=O)N2CCCC2)ncn1. The largest absolute Gasteiger partial charge is 0.337 e. The highest BCUT2D eigenvalue weighted by molar-refractivity contribution is 5.93. The summed E-state index contributed by atoms with van der Waals surface area (Å²) >= 11 is 0. The fourth-order valence-electron chi connectivity index (χ4n) is 2.51. The molecule has 1 aliphatic heterocycles. The zero-order valence-electron chi connectivity index (χ0n) is 12.1. The molecule has 108 valence electrons. The number of carbonyl (C=O) groups excluding carboxylic acids is 1. The van der Waals surface area contributed by atoms with E-state index < -0.39 is 0 Å². The van der Waals surface area contributed by atoms with Crippen LogP contribution >= 0.6 is 0 Å². The van der Waals surface area contributed by atoms with Gasteiger partial charge in [0.15, 0.2) is 0 Å². The molecule has 0 bridgehead atoms. The van der Waals surface area contributed by atoms with Gasteiger partial charge in [0.1, 0.15) is 17.8 Å². The van der Waals surface area contributed by atoms with Crippen LogP contribution in [0.2, 0.25) is 0 Å². The molecule has 1 aromatic heterocycles. The van der Waals surface area contributed by atoms with Crippen molar-refractivity contribution < 1.29 is 4.79 Å². The van der Waals surface area contributed by atoms with Gasteiger partial charge in [-0.25, -0.2) is 9.97 Å². The molecule has 1 amide bonds. The summed E-state index contributed by atoms with van der Waals surface area (Å²) in [5.74, 6) is 0.719. The second-order valence-corrected chi connectivity index (χ2v) is 5.16. The average Bonchev–Trinajstić information content (AvgIpc) is 3.09. The van der Waals surface area contributed by atoms with Crippen molar-refractivity contribution in [2.75, 3.05) is 25.0 Å². The summed E-state index contributed by atoms with van der Waals surface area (Å²) in [5.41, 5.74) is 1.49. The van der Waals surface area contributed by atoms with Crippen molar-refractivity contribution in [1.29, 1.82) is 0 Å². The summed E-state index contributed by atoms with van der Waals surface area (Å²) in [5, 5.41) is 0. The molecular formula is C16H18N4O. The highest BCUT2D eigenvalue weighted by Crippen LogP contribution is 2.21. The summed E-state index contributed by atoms with van der Waals surface area (Å²) < 4.78 is 0. The van der Waals surface area contributed by atoms with Crippen LogP contribution in [0.15, 0.2) is 42.7 Å². The molecule has 0 unspecified atom stereocenters. The third kappa shape index (κ3) is 2.86. The van der Waals surface area contributed by atoms with E-state index in [1.807, 2.05) is 47.2 Å². The molecule has 0 N–H and O–H groups in total. The molecule has 0 spiro atoms. The Labute approximate surface area is 124 Å². The van der Waals surface area contributed by atoms with Gasteiger partial charge in [-0.2, -0.15) is 0 Å². The number of rotatable bonds is 3. The van der Waals surface area contributed by atoms with Crippen LogP contribution in [-0.2, 0) is 0 Å². The van der Waals surface area contributed by atoms with Gasteiger partial charge in [-0.05, 0) is 25.0 Å². The van der Waals surface area contributed by atoms with E-state index in [2.05, 4.69) is 9.97 Å². The van der Waals surface area contributed by atoms with Crippen LogP contribution in [0.1, 0.15) is 23.3 Å². The average molecular weight is 282 g/mol. The molecule has 1 fully saturated rings. The zero-order chi connectivity index (χ0) is 14.7. The summed E-state index contributed by atoms with van der Waals surface area (Å²) in [6.45, 7) is 1.65. The maximum absolute atomic E-state index is 12.4. The number of aromatic nitrogens is 2. The maximum Gasteiger partial charge on any atom is 0.272 e. The summed E-state index contributed by atoms with van der Waals surface area (Å²) in [6.07, 6.45) is 3.61. The summed E-state index contributed by atoms with van der Waals surface area (Å²) in [7, 11) is 1.93. The quantitative estimate of drug-likeness (QED) is 0.868. The first kappa shape index (κ1) is 13.5. The van der Waals surface area contributed by atoms with Crippen LogP contribution < -0.4 is 4.90 Å². The van der Waals surface area contributed by atoms with E-state index in [0.717, 1.165) is 37.4 Å². The van der Waals surface area contributed by atoms with E-state index in [0.29, 0.717) is 5.69 Å². The first-order chi connectivity index (χ1) is 10.3. The topological polar surface area (TPSA) is 49.3 Å². The van der Waals surface area contributed by atoms with E-state index in [-0.39, 0.29) is 5.91 Å². The van der Waals surface area contributed by atoms with Crippen molar-refractivity contribution in [3.8, 4) is 0 Å². The highest BCUT2D eigenvalue weighted by atomic mass is 16.2. The normalized spacial score (nSPS) is 14.2. The maximum atomic E-state index is 12.4. The number of likely N-dealkylation sites (tertiary alicyclic amines) is 1. The van der Waals surface area contributed by atoms with Crippen LogP contribution in [0.4, 0.5) is 11.5 Å². The Balaban J connectivity index is 1.84. The van der Waals surface area contributed by atoms with Crippen LogP contribution in [0.3, 0.4) is 0 Å². The molecule has 0 saturated carbocycles. The van der Waals surface area contributed by atoms with Crippen molar-refractivity contribution in [1.82, 2.24) is 14.9 Å². The number of amides is 1. The van der Waals surface area contributed by atoms with Gasteiger partial charge in [0.2, 0.25) is 0 Å². The number of anilines is 2. The van der Waals surface area contributed by atoms with Crippen LogP contribution in [0, 0.1) is 0 Å². The Kier molecular flexibility index (Phi) is 3.81. The lowest BCUT2D eigenvalue weighted by Gasteiger charge is -2.19. The van der Waals surface area contributed by atoms with Crippen LogP contribution in [-0.4, -0.2) is 40.9 Å². The van der Waals surface area contributed by atoms with Gasteiger partial charge in [0.25, 0.3) is 5.91 Å². The number of hydrogen-bond acceptors (Lipinski definition) is 4. The molecule has 1 saturated heterocycles. The Bertz CT molecular complexity index is 623. The van der Waals surface area contributed by atoms with Crippen LogP contribution in [0.5, 0.6) is 0 Å². The molecular weight excluding hydrogens is 264 g/mol. The Morgan fingerprint density at radius 3 is 2.57 bits per heavy atom. The van der Waals surface area contributed by atoms with Gasteiger partial charge in [0.05, 0.1) is 0 Å². The first-order valence-corrected chi connectivity index (χ1v) is 7.16. The fourth-order valence-corrected chi connectivity index (χ4v) is 2.51. The summed E-state index contributed by atoms with van der Waals surface area (Å²) in [4.78, 5) is 24.6. The highest BCUT2D eigenvalue weighted by Gasteiger charge is 2.21. The molecule has 0 atom stereocenters. The third-order valence-electron chi connectivity index (χ3n) is 3.75. The van der Waals surface area contributed by atoms with Crippen molar-refractivity contribution >= 4 is 17.4 Å². The molecule has 5 nitrogen and oxygen atoms in total. The zero-order valence-corrected chi connectivity index (χ0v) is 12.1. The Hall–Kier alpha value is -2.43. The predicted molar refractivity (Wildman–Crippen MR) is 81.7 cm³/mol. The third-order valence-corrected chi connectivity index (χ3v) is 3.75. The number of carbonyl (C=O) groups is 1. The molecule has 1 aromatic carbocycles. The number of benzene rings is 1. The molecule has 5 heteroatoms. The van der Waals surface area contributed by atoms with Gasteiger partial charge in [-0.1, -0.05) is 18.2 Å². The lowest BCUT2D eigenvalue weighted by atomic mass is 10.3. The lowest BCUT2D eigenvalue weighted by Crippen LogP contribution is -2.28. The molecule has 2 heterocycles. The second-order valence-electron chi connectivity index (χ2n) is 5.16. The Morgan fingerprint density at radius 1 is 1.14 bits per heavy atom. The minimum absolute atomic E-state index is 0.00221. The van der Waals surface area contributed by atoms with Gasteiger partial charge in [-0.3, -0.25) is 4.79 Å². The molecule has 2 aromatic rings. The smallest absolute Gasteiger partial charge is 0.272 e. The summed E-state index contributed by atoms with van der Waals surface area (Å²) in [6, 6.07) is 11.7. The number of hydrogen-bond donors (Lipinski definition) is 0. The molecule has 0 aliphatic carbocycles. The van der Waals surface area contributed by atoms with Crippen LogP contribution in [0.25, 0.3) is 0 Å². The van der Waals surface area contributed by atoms with Gasteiger partial charge >= 0.3 is 0 Å². The minimum atomic E-state index is -0.00221. The van der Waals surface area contributed by atoms with E-state index >= 15 is 0 Å². The molecule has 1 aliphatic rings. The van der Waals surface area contributed by atoms with Gasteiger partial charge < -0.3 is 9.80 Å². The van der Waals surface area contributed by atoms with Crippen molar-refractivity contribution in [2.45, 2.75) is 12.8 Å². The van der Waals surface area contributed by atoms with E-state index in [1.165, 1.54) is 6.33 Å². The first-order valence-electron chi connectivity index (χ1n) is 7.16. The van der Waals surface area contributed by atoms with Gasteiger partial charge in [0, 0.05) is 31.9 Å². The monoisotopic (exact) mass is 282 g/mol. The number of para-hydroxylation sites is 1. The second kappa shape index (κ2) is 5.91. The van der Waals surface area contributed by atoms with Crippen molar-refractivity contribution in [3.05, 3.63) is 48.4 Å². The predicted octanol–water partition coefficient (Wildman–Crippen LogP) is 2.48. The number of nitrogens with zero attached hydrogens (tertiary/aromatic N) is 4. The Morgan fingerprint density at radius 2 is 1.86 bits per heavy atom. The molecule has 0 radical (unpaired) electrons. The minimum Gasteiger partial charge on any atom is -0.337 e. The van der Waals surface area contributed by atoms with Crippen molar-refractivity contribution in [2.24, 2.45) is 0 Å². The standard InChI is InChI=1S/C16H18N4O/c1-19(13-7-3-2-4-8-13)15-11-14(17-12-18-15)16(21)20-9-5-6-10-20/h2-4,7-8,11-12H,5-6,9-10H2,1H3. The van der Waals surface area contributed by atoms with Gasteiger partial charge in [-0.15, -0.1) is 0 Å². The molecule has 21 heavy (non-hydrogen) atoms. The van der Waals surface area contributed by atoms with E-state index in [9.17, 15) is 4.79 Å². The fraction of sp³-hybridized carbons (Fsp3) is 0.312. The molecule has 3 rings (SSSR count). The van der Waals surface area contributed by atoms with Crippen molar-refractivity contribution in [3.63, 3.8) is 0 Å². The van der Waals surface area contributed by atoms with E-state index in [4.69, 9.17) is 0 Å². The lowest BCUT2D eigenvalue weighted by molar-refractivity contribution is 0.0787. The van der Waals surface area contributed by atoms with E-state index in [1.54, 1.807) is 6.07 Å².